The number of Topliss-reactive ketones (excluding diaryl/α,β-unsaturated/α-hetero) is 1. The average Bonchev–Trinajstić information content (AvgIpc) is 2.98. The van der Waals surface area contributed by atoms with E-state index in [1.807, 2.05) is 48.5 Å². The van der Waals surface area contributed by atoms with Crippen molar-refractivity contribution in [1.29, 1.82) is 0 Å². The molecule has 2 aromatic carbocycles. The molecule has 47 heavy (non-hydrogen) atoms. The molecule has 2 amide bonds. The number of ether oxygens (including phenoxy) is 1. The fourth-order valence-corrected chi connectivity index (χ4v) is 12.6. The Morgan fingerprint density at radius 3 is 1.87 bits per heavy atom. The highest BCUT2D eigenvalue weighted by atomic mass is 28.4. The zero-order valence-electron chi connectivity index (χ0n) is 29.7. The molecule has 0 bridgehead atoms. The van der Waals surface area contributed by atoms with Crippen molar-refractivity contribution < 1.29 is 33.4 Å². The van der Waals surface area contributed by atoms with E-state index in [9.17, 15) is 24.3 Å². The Morgan fingerprint density at radius 2 is 1.36 bits per heavy atom. The molecule has 10 heteroatoms. The summed E-state index contributed by atoms with van der Waals surface area (Å²) in [4.78, 5) is 51.7. The lowest BCUT2D eigenvalue weighted by Gasteiger charge is -2.49. The fourth-order valence-electron chi connectivity index (χ4n) is 6.69. The van der Waals surface area contributed by atoms with E-state index in [1.54, 1.807) is 20.8 Å². The summed E-state index contributed by atoms with van der Waals surface area (Å²) in [5.41, 5.74) is 1.44. The number of carboxylic acid groups (broad SMARTS) is 1. The first-order chi connectivity index (χ1) is 21.9. The first-order valence-corrected chi connectivity index (χ1v) is 18.8. The fraction of sp³-hybridized carbons (Fsp3) is 0.568. The monoisotopic (exact) mass is 668 g/mol. The number of carbonyl (C=O) groups excluding carboxylic acids is 3. The number of aliphatic carboxylic acids is 1. The van der Waals surface area contributed by atoms with Gasteiger partial charge in [0.25, 0.3) is 8.32 Å². The number of carbonyl (C=O) groups is 4. The molecule has 260 valence electrons. The van der Waals surface area contributed by atoms with Crippen LogP contribution in [0.5, 0.6) is 0 Å². The molecular formula is C37H56N2O7Si. The van der Waals surface area contributed by atoms with Crippen molar-refractivity contribution in [2.45, 2.75) is 122 Å². The molecule has 0 saturated carbocycles. The third kappa shape index (κ3) is 11.5. The SMILES string of the molecule is CC(C)[Si](OC(=O)N[C@@H](Cc1ccccc1)C(=O)C[C@@H](CCCCNC(=O)OC(C)(C)C)C(=O)O)(C(C)C)C(C)(C)c1ccccc1. The Kier molecular flexibility index (Phi) is 14.7. The van der Waals surface area contributed by atoms with Crippen molar-refractivity contribution in [3.8, 4) is 0 Å². The largest absolute Gasteiger partial charge is 0.502 e. The predicted octanol–water partition coefficient (Wildman–Crippen LogP) is 7.96. The van der Waals surface area contributed by atoms with Crippen LogP contribution in [0.15, 0.2) is 60.7 Å². The zero-order valence-corrected chi connectivity index (χ0v) is 30.7. The van der Waals surface area contributed by atoms with E-state index in [0.717, 1.165) is 11.1 Å². The lowest BCUT2D eigenvalue weighted by atomic mass is 9.91. The molecule has 2 rings (SSSR count). The molecule has 0 aliphatic carbocycles. The zero-order chi connectivity index (χ0) is 35.4. The van der Waals surface area contributed by atoms with Gasteiger partial charge in [0.1, 0.15) is 5.60 Å². The van der Waals surface area contributed by atoms with E-state index < -0.39 is 49.1 Å². The Hall–Kier alpha value is -3.66. The number of nitrogens with one attached hydrogen (secondary N) is 2. The Balaban J connectivity index is 2.23. The molecule has 2 aromatic rings. The molecule has 0 saturated heterocycles. The van der Waals surface area contributed by atoms with Gasteiger partial charge >= 0.3 is 18.2 Å². The molecule has 0 aromatic heterocycles. The predicted molar refractivity (Wildman–Crippen MR) is 188 cm³/mol. The van der Waals surface area contributed by atoms with Crippen LogP contribution in [-0.4, -0.2) is 55.6 Å². The van der Waals surface area contributed by atoms with Crippen LogP contribution in [0.4, 0.5) is 9.59 Å². The minimum Gasteiger partial charge on any atom is -0.502 e. The van der Waals surface area contributed by atoms with E-state index in [0.29, 0.717) is 19.4 Å². The summed E-state index contributed by atoms with van der Waals surface area (Å²) >= 11 is 0. The lowest BCUT2D eigenvalue weighted by molar-refractivity contribution is -0.144. The highest BCUT2D eigenvalue weighted by Crippen LogP contribution is 2.48. The number of hydrogen-bond donors (Lipinski definition) is 3. The van der Waals surface area contributed by atoms with Crippen molar-refractivity contribution >= 4 is 32.3 Å². The number of hydrogen-bond acceptors (Lipinski definition) is 6. The molecule has 0 unspecified atom stereocenters. The maximum atomic E-state index is 13.8. The van der Waals surface area contributed by atoms with Gasteiger partial charge in [-0.2, -0.15) is 0 Å². The van der Waals surface area contributed by atoms with Crippen LogP contribution in [0.1, 0.15) is 99.1 Å². The molecule has 3 N–H and O–H groups in total. The summed E-state index contributed by atoms with van der Waals surface area (Å²) in [6.45, 7) is 18.3. The third-order valence-electron chi connectivity index (χ3n) is 8.86. The van der Waals surface area contributed by atoms with Crippen LogP contribution in [0.3, 0.4) is 0 Å². The molecule has 0 fully saturated rings. The number of ketones is 1. The molecule has 0 radical (unpaired) electrons. The van der Waals surface area contributed by atoms with Crippen molar-refractivity contribution in [2.24, 2.45) is 5.92 Å². The maximum Gasteiger partial charge on any atom is 0.407 e. The van der Waals surface area contributed by atoms with Crippen molar-refractivity contribution in [3.05, 3.63) is 71.8 Å². The van der Waals surface area contributed by atoms with E-state index in [2.05, 4.69) is 64.3 Å². The highest BCUT2D eigenvalue weighted by molar-refractivity contribution is 6.80. The number of unbranched alkanes of at least 4 members (excludes halogenated alkanes) is 1. The van der Waals surface area contributed by atoms with E-state index >= 15 is 0 Å². The van der Waals surface area contributed by atoms with Crippen LogP contribution in [-0.2, 0) is 30.2 Å². The van der Waals surface area contributed by atoms with Crippen molar-refractivity contribution in [2.75, 3.05) is 6.54 Å². The van der Waals surface area contributed by atoms with Gasteiger partial charge in [-0.1, -0.05) is 109 Å². The van der Waals surface area contributed by atoms with Gasteiger partial charge in [0, 0.05) is 18.0 Å². The smallest absolute Gasteiger partial charge is 0.407 e. The van der Waals surface area contributed by atoms with Gasteiger partial charge in [-0.3, -0.25) is 9.59 Å². The second-order valence-corrected chi connectivity index (χ2v) is 19.8. The highest BCUT2D eigenvalue weighted by Gasteiger charge is 2.57. The van der Waals surface area contributed by atoms with E-state index in [4.69, 9.17) is 9.16 Å². The second kappa shape index (κ2) is 17.5. The summed E-state index contributed by atoms with van der Waals surface area (Å²) in [6, 6.07) is 18.4. The molecule has 9 nitrogen and oxygen atoms in total. The topological polar surface area (TPSA) is 131 Å². The maximum absolute atomic E-state index is 13.8. The number of carboxylic acids is 1. The summed E-state index contributed by atoms with van der Waals surface area (Å²) < 4.78 is 11.8. The number of rotatable bonds is 17. The Morgan fingerprint density at radius 1 is 0.809 bits per heavy atom. The van der Waals surface area contributed by atoms with Crippen LogP contribution in [0, 0.1) is 5.92 Å². The molecule has 0 spiro atoms. The Bertz CT molecular complexity index is 1300. The third-order valence-corrected chi connectivity index (χ3v) is 15.1. The standard InChI is InChI=1S/C37H56N2O7Si/c1-26(2)47(27(3)4,37(8,9)30-21-14-11-15-22-30)46-35(44)39-31(24-28-18-12-10-13-19-28)32(40)25-29(33(41)42)20-16-17-23-38-34(43)45-36(5,6)7/h10-15,18-19,21-22,26-27,29,31H,16-17,20,23-25H2,1-9H3,(H,38,43)(H,39,44)(H,41,42)/t29-,31+/m1/s1. The second-order valence-electron chi connectivity index (χ2n) is 14.5. The molecule has 0 aliphatic rings. The molecular weight excluding hydrogens is 613 g/mol. The van der Waals surface area contributed by atoms with E-state index in [-0.39, 0.29) is 36.1 Å². The minimum absolute atomic E-state index is 0.0629. The number of alkyl carbamates (subject to hydrolysis) is 1. The van der Waals surface area contributed by atoms with Crippen molar-refractivity contribution in [1.82, 2.24) is 10.6 Å². The van der Waals surface area contributed by atoms with E-state index in [1.165, 1.54) is 0 Å². The molecule has 0 heterocycles. The summed E-state index contributed by atoms with van der Waals surface area (Å²) in [5, 5.41) is 15.1. The van der Waals surface area contributed by atoms with Gasteiger partial charge in [-0.15, -0.1) is 0 Å². The molecule has 2 atom stereocenters. The average molecular weight is 669 g/mol. The minimum atomic E-state index is -2.93. The quantitative estimate of drug-likeness (QED) is 0.115. The van der Waals surface area contributed by atoms with Crippen LogP contribution in [0.2, 0.25) is 11.1 Å². The van der Waals surface area contributed by atoms with Gasteiger partial charge in [-0.25, -0.2) is 9.59 Å². The van der Waals surface area contributed by atoms with Crippen molar-refractivity contribution in [3.63, 3.8) is 0 Å². The summed E-state index contributed by atoms with van der Waals surface area (Å²) in [7, 11) is -2.93. The normalized spacial score (nSPS) is 13.5. The first-order valence-electron chi connectivity index (χ1n) is 16.7. The van der Waals surface area contributed by atoms with Crippen LogP contribution < -0.4 is 10.6 Å². The Labute approximate surface area is 282 Å². The van der Waals surface area contributed by atoms with Gasteiger partial charge in [0.2, 0.25) is 0 Å². The number of benzene rings is 2. The summed E-state index contributed by atoms with van der Waals surface area (Å²) in [5.74, 6) is -2.37. The van der Waals surface area contributed by atoms with Gasteiger partial charge < -0.3 is 24.9 Å². The lowest BCUT2D eigenvalue weighted by Crippen LogP contribution is -2.62. The molecule has 0 aliphatic heterocycles. The van der Waals surface area contributed by atoms with Crippen LogP contribution in [0.25, 0.3) is 0 Å². The number of amides is 2. The summed E-state index contributed by atoms with van der Waals surface area (Å²) in [6.07, 6.45) is 0.0610. The van der Waals surface area contributed by atoms with Crippen LogP contribution >= 0.6 is 0 Å². The van der Waals surface area contributed by atoms with Gasteiger partial charge in [0.15, 0.2) is 5.78 Å². The first kappa shape index (κ1) is 39.5. The van der Waals surface area contributed by atoms with Gasteiger partial charge in [0.05, 0.1) is 12.0 Å². The van der Waals surface area contributed by atoms with Gasteiger partial charge in [-0.05, 0) is 62.2 Å².